The summed E-state index contributed by atoms with van der Waals surface area (Å²) in [5, 5.41) is 8.02. The number of rotatable bonds is 6. The van der Waals surface area contributed by atoms with Crippen molar-refractivity contribution in [3.63, 3.8) is 0 Å². The molecule has 0 spiro atoms. The van der Waals surface area contributed by atoms with Crippen LogP contribution in [0.5, 0.6) is 0 Å². The Morgan fingerprint density at radius 2 is 1.12 bits per heavy atom. The minimum Gasteiger partial charge on any atom is -0.453 e. The van der Waals surface area contributed by atoms with Gasteiger partial charge in [-0.25, -0.2) is 4.98 Å². The number of fused-ring (bicyclic) bond motifs is 14. The molecule has 1 aliphatic rings. The quantitative estimate of drug-likeness (QED) is 0.164. The summed E-state index contributed by atoms with van der Waals surface area (Å²) in [4.78, 5) is 18.4. The van der Waals surface area contributed by atoms with Crippen LogP contribution in [0.1, 0.15) is 25.0 Å². The number of anilines is 6. The highest BCUT2D eigenvalue weighted by atomic mass is 16.3. The number of hydrogen-bond acceptors (Lipinski definition) is 8. The minimum absolute atomic E-state index is 0.409. The average molecular weight is 852 g/mol. The summed E-state index contributed by atoms with van der Waals surface area (Å²) >= 11 is 0. The molecule has 0 radical (unpaired) electrons. The molecule has 6 heterocycles. The Hall–Kier alpha value is -8.75. The van der Waals surface area contributed by atoms with Crippen LogP contribution in [0.25, 0.3) is 87.8 Å². The maximum Gasteiger partial charge on any atom is 0.227 e. The van der Waals surface area contributed by atoms with Gasteiger partial charge in [0.1, 0.15) is 5.58 Å². The van der Waals surface area contributed by atoms with Gasteiger partial charge < -0.3 is 23.1 Å². The van der Waals surface area contributed by atoms with Crippen LogP contribution in [0, 0.1) is 0 Å². The number of pyridine rings is 3. The van der Waals surface area contributed by atoms with E-state index in [9.17, 15) is 0 Å². The van der Waals surface area contributed by atoms with Gasteiger partial charge in [-0.3, -0.25) is 9.97 Å². The fraction of sp³-hybridized carbons (Fsp3) is 0.0517. The predicted molar refractivity (Wildman–Crippen MR) is 266 cm³/mol. The maximum atomic E-state index is 7.72. The Labute approximate surface area is 377 Å². The fourth-order valence-corrected chi connectivity index (χ4v) is 10.7. The van der Waals surface area contributed by atoms with Gasteiger partial charge in [-0.15, -0.1) is 0 Å². The van der Waals surface area contributed by atoms with Crippen LogP contribution in [0.2, 0.25) is 0 Å². The fourth-order valence-electron chi connectivity index (χ4n) is 10.7. The lowest BCUT2D eigenvalue weighted by molar-refractivity contribution is 0.650. The van der Waals surface area contributed by atoms with Crippen LogP contribution >= 0.6 is 0 Å². The monoisotopic (exact) mass is 851 g/mol. The van der Waals surface area contributed by atoms with Crippen molar-refractivity contribution in [2.24, 2.45) is 0 Å². The van der Waals surface area contributed by atoms with Gasteiger partial charge >= 0.3 is 0 Å². The lowest BCUT2D eigenvalue weighted by Crippen LogP contribution is -2.17. The van der Waals surface area contributed by atoms with E-state index in [0.29, 0.717) is 5.71 Å². The first kappa shape index (κ1) is 36.7. The summed E-state index contributed by atoms with van der Waals surface area (Å²) in [7, 11) is 0. The van der Waals surface area contributed by atoms with E-state index in [1.54, 1.807) is 12.4 Å². The van der Waals surface area contributed by atoms with Crippen molar-refractivity contribution >= 4 is 111 Å². The molecule has 0 saturated heterocycles. The van der Waals surface area contributed by atoms with Gasteiger partial charge in [0.05, 0.1) is 34.3 Å². The molecule has 0 fully saturated rings. The van der Waals surface area contributed by atoms with Gasteiger partial charge in [0.2, 0.25) is 5.71 Å². The standard InChI is InChI=1S/C58H37N5O3/c1-58(2)44-31-48(62(35-15-5-3-6-16-35)46-23-12-21-40-41-22-13-27-61-57(41)66-54(40)46)51-43-30-34-14-9-10-19-37(34)52(55(43)65-56(51)50(44)42-26-29-59-32-45(42)58)63(36-17-7-4-8-18-36)47-24-11-20-39-38-25-28-60-33-49(38)64-53(39)47/h3-33H,1-2H3. The lowest BCUT2D eigenvalue weighted by atomic mass is 9.82. The van der Waals surface area contributed by atoms with Gasteiger partial charge in [-0.1, -0.05) is 98.8 Å². The number of nitrogens with zero attached hydrogens (tertiary/aromatic N) is 5. The van der Waals surface area contributed by atoms with Gasteiger partial charge in [-0.2, -0.15) is 0 Å². The van der Waals surface area contributed by atoms with Gasteiger partial charge in [0.15, 0.2) is 22.3 Å². The summed E-state index contributed by atoms with van der Waals surface area (Å²) < 4.78 is 21.2. The number of hydrogen-bond donors (Lipinski definition) is 0. The molecular formula is C58H37N5O3. The highest BCUT2D eigenvalue weighted by molar-refractivity contribution is 6.26. The molecule has 7 aromatic carbocycles. The van der Waals surface area contributed by atoms with E-state index in [0.717, 1.165) is 127 Å². The summed E-state index contributed by atoms with van der Waals surface area (Å²) in [6.07, 6.45) is 9.29. The van der Waals surface area contributed by atoms with Crippen LogP contribution in [-0.4, -0.2) is 15.0 Å². The molecule has 0 amide bonds. The Morgan fingerprint density at radius 3 is 1.94 bits per heavy atom. The summed E-state index contributed by atoms with van der Waals surface area (Å²) in [5.74, 6) is 0. The molecule has 8 heteroatoms. The molecule has 0 unspecified atom stereocenters. The molecule has 8 nitrogen and oxygen atoms in total. The molecule has 0 bridgehead atoms. The number of aromatic nitrogens is 3. The van der Waals surface area contributed by atoms with E-state index in [-0.39, 0.29) is 0 Å². The second-order valence-electron chi connectivity index (χ2n) is 17.6. The second-order valence-corrected chi connectivity index (χ2v) is 17.6. The number of furan rings is 3. The minimum atomic E-state index is -0.409. The third kappa shape index (κ3) is 5.06. The van der Waals surface area contributed by atoms with E-state index < -0.39 is 5.41 Å². The second kappa shape index (κ2) is 13.6. The smallest absolute Gasteiger partial charge is 0.227 e. The first-order valence-corrected chi connectivity index (χ1v) is 22.1. The van der Waals surface area contributed by atoms with Crippen molar-refractivity contribution in [2.45, 2.75) is 19.3 Å². The lowest BCUT2D eigenvalue weighted by Gasteiger charge is -2.29. The van der Waals surface area contributed by atoms with Gasteiger partial charge in [0, 0.05) is 79.5 Å². The maximum absolute atomic E-state index is 7.72. The molecule has 0 saturated carbocycles. The van der Waals surface area contributed by atoms with Crippen molar-refractivity contribution < 1.29 is 13.3 Å². The third-order valence-electron chi connectivity index (χ3n) is 13.7. The van der Waals surface area contributed by atoms with Crippen LogP contribution < -0.4 is 9.80 Å². The molecule has 1 aliphatic carbocycles. The molecular weight excluding hydrogens is 815 g/mol. The van der Waals surface area contributed by atoms with Crippen molar-refractivity contribution in [3.05, 3.63) is 200 Å². The topological polar surface area (TPSA) is 84.6 Å². The van der Waals surface area contributed by atoms with Crippen LogP contribution in [0.3, 0.4) is 0 Å². The highest BCUT2D eigenvalue weighted by Crippen LogP contribution is 2.58. The van der Waals surface area contributed by atoms with Crippen molar-refractivity contribution in [1.82, 2.24) is 15.0 Å². The zero-order valence-electron chi connectivity index (χ0n) is 35.9. The first-order chi connectivity index (χ1) is 32.5. The zero-order chi connectivity index (χ0) is 43.7. The summed E-state index contributed by atoms with van der Waals surface area (Å²) in [6, 6.07) is 55.2. The van der Waals surface area contributed by atoms with E-state index >= 15 is 0 Å². The zero-order valence-corrected chi connectivity index (χ0v) is 35.9. The van der Waals surface area contributed by atoms with Crippen molar-refractivity contribution in [3.8, 4) is 11.1 Å². The molecule has 6 aromatic heterocycles. The Kier molecular flexibility index (Phi) is 7.58. The number of benzene rings is 7. The van der Waals surface area contributed by atoms with Gasteiger partial charge in [0.25, 0.3) is 0 Å². The Morgan fingerprint density at radius 1 is 0.455 bits per heavy atom. The van der Waals surface area contributed by atoms with Gasteiger partial charge in [-0.05, 0) is 94.9 Å². The van der Waals surface area contributed by atoms with E-state index in [4.69, 9.17) is 13.3 Å². The molecule has 0 aliphatic heterocycles. The highest BCUT2D eigenvalue weighted by Gasteiger charge is 2.41. The molecule has 0 atom stereocenters. The molecule has 0 N–H and O–H groups in total. The molecule has 13 aromatic rings. The Bertz CT molecular complexity index is 4110. The molecule has 14 rings (SSSR count). The van der Waals surface area contributed by atoms with Crippen LogP contribution in [-0.2, 0) is 5.41 Å². The first-order valence-electron chi connectivity index (χ1n) is 22.1. The molecule has 312 valence electrons. The average Bonchev–Trinajstić information content (AvgIpc) is 4.11. The largest absolute Gasteiger partial charge is 0.453 e. The van der Waals surface area contributed by atoms with E-state index in [2.05, 4.69) is 184 Å². The summed E-state index contributed by atoms with van der Waals surface area (Å²) in [6.45, 7) is 4.58. The van der Waals surface area contributed by atoms with Crippen molar-refractivity contribution in [2.75, 3.05) is 9.80 Å². The third-order valence-corrected chi connectivity index (χ3v) is 13.7. The predicted octanol–water partition coefficient (Wildman–Crippen LogP) is 16.0. The molecule has 66 heavy (non-hydrogen) atoms. The SMILES string of the molecule is CC1(C)c2cnccc2-c2c1cc(N(c1ccccc1)c1cccc3c1oc1ncccc13)c1c2oc2c(N(c3ccccc3)c3cccc4c3oc3cnccc34)c3ccccc3cc21. The van der Waals surface area contributed by atoms with Crippen LogP contribution in [0.4, 0.5) is 34.1 Å². The normalized spacial score (nSPS) is 13.1. The summed E-state index contributed by atoms with van der Waals surface area (Å²) in [5.41, 5.74) is 14.0. The Balaban J connectivity index is 1.17. The number of para-hydroxylation sites is 4. The van der Waals surface area contributed by atoms with E-state index in [1.165, 1.54) is 0 Å². The van der Waals surface area contributed by atoms with E-state index in [1.807, 2.05) is 30.7 Å². The van der Waals surface area contributed by atoms with Crippen LogP contribution in [0.15, 0.2) is 202 Å². The van der Waals surface area contributed by atoms with Crippen molar-refractivity contribution in [1.29, 1.82) is 0 Å².